The van der Waals surface area contributed by atoms with E-state index in [1.54, 1.807) is 0 Å². The maximum atomic E-state index is 9.59. The van der Waals surface area contributed by atoms with Crippen molar-refractivity contribution >= 4 is 0 Å². The van der Waals surface area contributed by atoms with Crippen LogP contribution in [0, 0.1) is 0 Å². The van der Waals surface area contributed by atoms with Crippen molar-refractivity contribution < 1.29 is 18.9 Å². The number of unbranched alkanes of at least 4 members (excludes halogenated alkanes) is 12. The van der Waals surface area contributed by atoms with E-state index in [1.807, 2.05) is 0 Å². The summed E-state index contributed by atoms with van der Waals surface area (Å²) in [7, 11) is 0. The van der Waals surface area contributed by atoms with Gasteiger partial charge in [-0.25, -0.2) is 0 Å². The summed E-state index contributed by atoms with van der Waals surface area (Å²) in [4.78, 5) is 12.6. The summed E-state index contributed by atoms with van der Waals surface area (Å²) in [6.45, 7) is 11.4. The Kier molecular flexibility index (Phi) is 25.2. The minimum Gasteiger partial charge on any atom is -0.493 e. The number of fused-ring (bicyclic) bond motifs is 8. The van der Waals surface area contributed by atoms with Crippen LogP contribution < -0.4 is 18.9 Å². The van der Waals surface area contributed by atoms with Crippen molar-refractivity contribution in [1.82, 2.24) is 0 Å². The molecule has 16 heteroatoms. The van der Waals surface area contributed by atoms with Crippen LogP contribution in [0.4, 0.5) is 0 Å². The molecule has 0 N–H and O–H groups in total. The lowest BCUT2D eigenvalue weighted by atomic mass is 9.88. The fourth-order valence-corrected chi connectivity index (χ4v) is 9.55. The Morgan fingerprint density at radius 2 is 0.514 bits per heavy atom. The SMILES string of the molecule is CCCCCCOc1c2cc(CN=[N+]=[N-])cc1Cc1cc(CN=[N+]=[N-])cc(c1OCCCCCC)Cc1cc(CN=[N+]=[N-])cc(c1OCCCCCC)Cc1cc(CN=[N+]=[N-])cc(c1OCCCCCC)C2. The van der Waals surface area contributed by atoms with Crippen molar-refractivity contribution in [3.8, 4) is 23.0 Å². The number of rotatable bonds is 32. The quantitative estimate of drug-likeness (QED) is 0.0177. The van der Waals surface area contributed by atoms with Gasteiger partial charge in [0.15, 0.2) is 0 Å². The first-order valence-corrected chi connectivity index (χ1v) is 26.5. The molecule has 384 valence electrons. The van der Waals surface area contributed by atoms with E-state index in [0.29, 0.717) is 52.1 Å². The van der Waals surface area contributed by atoms with Crippen LogP contribution in [0.5, 0.6) is 23.0 Å². The van der Waals surface area contributed by atoms with Gasteiger partial charge in [0.25, 0.3) is 0 Å². The summed E-state index contributed by atoms with van der Waals surface area (Å²) in [6, 6.07) is 16.7. The number of nitrogens with zero attached hydrogens (tertiary/aromatic N) is 12. The van der Waals surface area contributed by atoms with Crippen LogP contribution in [0.3, 0.4) is 0 Å². The number of azide groups is 4. The molecular formula is C56H76N12O4. The highest BCUT2D eigenvalue weighted by atomic mass is 16.5. The molecule has 16 nitrogen and oxygen atoms in total. The van der Waals surface area contributed by atoms with Crippen LogP contribution in [-0.4, -0.2) is 26.4 Å². The molecule has 0 saturated heterocycles. The maximum absolute atomic E-state index is 9.59. The molecule has 0 amide bonds. The second kappa shape index (κ2) is 32.3. The lowest BCUT2D eigenvalue weighted by Crippen LogP contribution is -2.12. The van der Waals surface area contributed by atoms with E-state index in [4.69, 9.17) is 18.9 Å². The summed E-state index contributed by atoms with van der Waals surface area (Å²) in [5.41, 5.74) is 48.9. The lowest BCUT2D eigenvalue weighted by molar-refractivity contribution is 0.293. The molecule has 0 heterocycles. The minimum atomic E-state index is 0.132. The number of hydrogen-bond acceptors (Lipinski definition) is 8. The first-order valence-electron chi connectivity index (χ1n) is 26.5. The molecule has 5 rings (SSSR count). The molecule has 0 saturated carbocycles. The highest BCUT2D eigenvalue weighted by molar-refractivity contribution is 5.58. The van der Waals surface area contributed by atoms with Gasteiger partial charge in [-0.2, -0.15) is 0 Å². The van der Waals surface area contributed by atoms with Crippen molar-refractivity contribution in [2.24, 2.45) is 20.5 Å². The Balaban J connectivity index is 1.92. The summed E-state index contributed by atoms with van der Waals surface area (Å²) < 4.78 is 27.9. The van der Waals surface area contributed by atoms with Gasteiger partial charge in [0.2, 0.25) is 0 Å². The zero-order chi connectivity index (χ0) is 51.2. The fourth-order valence-electron chi connectivity index (χ4n) is 9.55. The third kappa shape index (κ3) is 17.9. The first-order chi connectivity index (χ1) is 35.4. The van der Waals surface area contributed by atoms with E-state index < -0.39 is 0 Å². The topological polar surface area (TPSA) is 232 Å². The van der Waals surface area contributed by atoms with Crippen molar-refractivity contribution in [3.63, 3.8) is 0 Å². The smallest absolute Gasteiger partial charge is 0.126 e. The molecule has 72 heavy (non-hydrogen) atoms. The van der Waals surface area contributed by atoms with Gasteiger partial charge in [-0.3, -0.25) is 0 Å². The van der Waals surface area contributed by atoms with Crippen LogP contribution in [0.15, 0.2) is 69.0 Å². The van der Waals surface area contributed by atoms with Gasteiger partial charge in [0, 0.05) is 45.3 Å². The Hall–Kier alpha value is -6.68. The summed E-state index contributed by atoms with van der Waals surface area (Å²) >= 11 is 0. The Morgan fingerprint density at radius 1 is 0.319 bits per heavy atom. The van der Waals surface area contributed by atoms with Gasteiger partial charge in [0.05, 0.1) is 52.6 Å². The molecular weight excluding hydrogens is 905 g/mol. The third-order valence-corrected chi connectivity index (χ3v) is 13.0. The van der Waals surface area contributed by atoms with E-state index in [2.05, 4.69) is 116 Å². The van der Waals surface area contributed by atoms with Crippen LogP contribution in [0.1, 0.15) is 197 Å². The average molecular weight is 981 g/mol. The van der Waals surface area contributed by atoms with Gasteiger partial charge in [0.1, 0.15) is 23.0 Å². The second-order valence-corrected chi connectivity index (χ2v) is 18.9. The van der Waals surface area contributed by atoms with E-state index in [1.165, 1.54) is 0 Å². The molecule has 1 aliphatic rings. The van der Waals surface area contributed by atoms with Gasteiger partial charge in [-0.05, 0) is 115 Å². The van der Waals surface area contributed by atoms with Gasteiger partial charge in [-0.15, -0.1) is 0 Å². The predicted octanol–water partition coefficient (Wildman–Crippen LogP) is 17.4. The number of ether oxygens (including phenoxy) is 4. The minimum absolute atomic E-state index is 0.132. The normalized spacial score (nSPS) is 11.6. The van der Waals surface area contributed by atoms with Gasteiger partial charge in [-0.1, -0.05) is 174 Å². The van der Waals surface area contributed by atoms with Crippen molar-refractivity contribution in [1.29, 1.82) is 0 Å². The summed E-state index contributed by atoms with van der Waals surface area (Å²) in [6.07, 6.45) is 18.1. The number of benzene rings is 4. The summed E-state index contributed by atoms with van der Waals surface area (Å²) in [5.74, 6) is 3.01. The molecule has 0 aliphatic heterocycles. The highest BCUT2D eigenvalue weighted by Gasteiger charge is 2.25. The van der Waals surface area contributed by atoms with Gasteiger partial charge >= 0.3 is 0 Å². The monoisotopic (exact) mass is 981 g/mol. The van der Waals surface area contributed by atoms with Crippen LogP contribution in [0.2, 0.25) is 0 Å². The molecule has 0 fully saturated rings. The molecule has 4 aromatic rings. The molecule has 8 bridgehead atoms. The Bertz CT molecular complexity index is 2110. The predicted molar refractivity (Wildman–Crippen MR) is 287 cm³/mol. The van der Waals surface area contributed by atoms with E-state index in [9.17, 15) is 22.1 Å². The number of hydrogen-bond donors (Lipinski definition) is 0. The Labute approximate surface area is 426 Å². The van der Waals surface area contributed by atoms with E-state index in [-0.39, 0.29) is 26.2 Å². The van der Waals surface area contributed by atoms with Crippen LogP contribution in [0.25, 0.3) is 41.8 Å². The Morgan fingerprint density at radius 3 is 0.681 bits per heavy atom. The molecule has 1 aliphatic carbocycles. The first kappa shape index (κ1) is 56.2. The van der Waals surface area contributed by atoms with Crippen LogP contribution in [-0.2, 0) is 51.9 Å². The van der Waals surface area contributed by atoms with Crippen molar-refractivity contribution in [3.05, 3.63) is 157 Å². The van der Waals surface area contributed by atoms with E-state index in [0.717, 1.165) is 192 Å². The average Bonchev–Trinajstić information content (AvgIpc) is 3.38. The van der Waals surface area contributed by atoms with Crippen molar-refractivity contribution in [2.45, 2.75) is 182 Å². The second-order valence-electron chi connectivity index (χ2n) is 18.9. The third-order valence-electron chi connectivity index (χ3n) is 13.0. The molecule has 0 aromatic heterocycles. The zero-order valence-corrected chi connectivity index (χ0v) is 43.4. The summed E-state index contributed by atoms with van der Waals surface area (Å²) in [5, 5.41) is 16.2. The standard InChI is InChI=1S/C56H76N12O4/c1-5-9-13-17-21-69-53-45-25-41(37-61-65-57)26-46(53)34-48-28-43(39-63-67-59)30-50(55(48)71-23-19-15-11-7-3)36-52-32-44(40-64-68-60)31-51(56(52)72-24-20-16-12-8-4)35-49-29-42(38-62-66-58)27-47(33-45)54(49)70-22-18-14-10-6-2/h25-32H,5-24,33-40H2,1-4H3. The molecule has 4 aromatic carbocycles. The van der Waals surface area contributed by atoms with Crippen molar-refractivity contribution in [2.75, 3.05) is 26.4 Å². The molecule has 0 unspecified atom stereocenters. The zero-order valence-electron chi connectivity index (χ0n) is 43.4. The molecule has 0 spiro atoms. The van der Waals surface area contributed by atoms with Gasteiger partial charge < -0.3 is 18.9 Å². The largest absolute Gasteiger partial charge is 0.493 e. The highest BCUT2D eigenvalue weighted by Crippen LogP contribution is 2.41. The fraction of sp³-hybridized carbons (Fsp3) is 0.571. The lowest BCUT2D eigenvalue weighted by Gasteiger charge is -2.25. The van der Waals surface area contributed by atoms with E-state index >= 15 is 0 Å². The maximum Gasteiger partial charge on any atom is 0.126 e. The van der Waals surface area contributed by atoms with Crippen LogP contribution >= 0.6 is 0 Å². The molecule has 0 radical (unpaired) electrons. The molecule has 0 atom stereocenters.